The van der Waals surface area contributed by atoms with Crippen molar-refractivity contribution in [2.24, 2.45) is 0 Å². The molecule has 0 aromatic rings. The van der Waals surface area contributed by atoms with Crippen molar-refractivity contribution < 1.29 is 14.7 Å². The van der Waals surface area contributed by atoms with Crippen LogP contribution in [-0.2, 0) is 4.79 Å². The molecule has 2 rings (SSSR count). The number of imide groups is 1. The number of nitrogens with zero attached hydrogens (tertiary/aromatic N) is 1. The van der Waals surface area contributed by atoms with Gasteiger partial charge in [0.2, 0.25) is 0 Å². The highest BCUT2D eigenvalue weighted by Gasteiger charge is 2.44. The van der Waals surface area contributed by atoms with Gasteiger partial charge in [0.25, 0.3) is 5.91 Å². The second-order valence-corrected chi connectivity index (χ2v) is 2.85. The van der Waals surface area contributed by atoms with Gasteiger partial charge >= 0.3 is 6.03 Å². The van der Waals surface area contributed by atoms with Crippen LogP contribution in [0.15, 0.2) is 0 Å². The Labute approximate surface area is 63.0 Å². The van der Waals surface area contributed by atoms with Crippen LogP contribution in [0.25, 0.3) is 0 Å². The molecule has 5 heteroatoms. The number of fused-ring (bicyclic) bond motifs is 1. The van der Waals surface area contributed by atoms with Gasteiger partial charge in [-0.1, -0.05) is 0 Å². The van der Waals surface area contributed by atoms with E-state index in [2.05, 4.69) is 5.32 Å². The first-order valence-electron chi connectivity index (χ1n) is 3.48. The van der Waals surface area contributed by atoms with Crippen LogP contribution in [0.5, 0.6) is 0 Å². The summed E-state index contributed by atoms with van der Waals surface area (Å²) in [5.41, 5.74) is 0. The van der Waals surface area contributed by atoms with Crippen molar-refractivity contribution in [3.05, 3.63) is 0 Å². The van der Waals surface area contributed by atoms with E-state index in [0.29, 0.717) is 6.42 Å². The Balaban J connectivity index is 2.23. The zero-order valence-corrected chi connectivity index (χ0v) is 5.78. The van der Waals surface area contributed by atoms with Gasteiger partial charge in [-0.05, 0) is 0 Å². The van der Waals surface area contributed by atoms with E-state index in [0.717, 1.165) is 0 Å². The van der Waals surface area contributed by atoms with Crippen molar-refractivity contribution >= 4 is 11.9 Å². The van der Waals surface area contributed by atoms with E-state index < -0.39 is 12.1 Å². The zero-order valence-electron chi connectivity index (χ0n) is 5.78. The molecule has 2 aliphatic rings. The van der Waals surface area contributed by atoms with Crippen molar-refractivity contribution in [1.82, 2.24) is 10.2 Å². The van der Waals surface area contributed by atoms with Crippen LogP contribution in [0.3, 0.4) is 0 Å². The summed E-state index contributed by atoms with van der Waals surface area (Å²) in [5, 5.41) is 11.3. The summed E-state index contributed by atoms with van der Waals surface area (Å²) in [5.74, 6) is -0.286. The van der Waals surface area contributed by atoms with Gasteiger partial charge in [-0.15, -0.1) is 0 Å². The molecule has 11 heavy (non-hydrogen) atoms. The second kappa shape index (κ2) is 1.94. The lowest BCUT2D eigenvalue weighted by atomic mass is 10.2. The Morgan fingerprint density at radius 1 is 1.55 bits per heavy atom. The molecule has 2 heterocycles. The molecule has 0 aromatic heterocycles. The Bertz CT molecular complexity index is 206. The van der Waals surface area contributed by atoms with Crippen molar-refractivity contribution in [3.63, 3.8) is 0 Å². The molecule has 2 aliphatic heterocycles. The maximum atomic E-state index is 10.9. The maximum Gasteiger partial charge on any atom is 0.324 e. The Hall–Kier alpha value is -1.10. The lowest BCUT2D eigenvalue weighted by molar-refractivity contribution is -0.121. The Morgan fingerprint density at radius 3 is 2.91 bits per heavy atom. The molecule has 5 nitrogen and oxygen atoms in total. The smallest absolute Gasteiger partial charge is 0.324 e. The Kier molecular flexibility index (Phi) is 1.17. The highest BCUT2D eigenvalue weighted by Crippen LogP contribution is 2.21. The number of carbonyl (C=O) groups excluding carboxylic acids is 2. The van der Waals surface area contributed by atoms with Gasteiger partial charge in [-0.25, -0.2) is 4.79 Å². The number of hydrogen-bond donors (Lipinski definition) is 2. The fraction of sp³-hybridized carbons (Fsp3) is 0.667. The first-order chi connectivity index (χ1) is 5.18. The highest BCUT2D eigenvalue weighted by molar-refractivity contribution is 6.04. The summed E-state index contributed by atoms with van der Waals surface area (Å²) in [7, 11) is 0. The molecule has 0 unspecified atom stereocenters. The number of urea groups is 1. The molecule has 0 spiro atoms. The van der Waals surface area contributed by atoms with Crippen LogP contribution in [0.2, 0.25) is 0 Å². The van der Waals surface area contributed by atoms with E-state index in [4.69, 9.17) is 5.11 Å². The number of rotatable bonds is 0. The molecular weight excluding hydrogens is 148 g/mol. The van der Waals surface area contributed by atoms with E-state index >= 15 is 0 Å². The van der Waals surface area contributed by atoms with Crippen LogP contribution in [0, 0.1) is 0 Å². The number of amides is 3. The molecule has 0 aromatic carbocycles. The van der Waals surface area contributed by atoms with Crippen LogP contribution < -0.4 is 5.32 Å². The number of hydrogen-bond acceptors (Lipinski definition) is 3. The largest absolute Gasteiger partial charge is 0.391 e. The molecule has 2 saturated heterocycles. The summed E-state index contributed by atoms with van der Waals surface area (Å²) in [6.07, 6.45) is -0.160. The van der Waals surface area contributed by atoms with Gasteiger partial charge in [-0.2, -0.15) is 0 Å². The van der Waals surface area contributed by atoms with Crippen molar-refractivity contribution in [3.8, 4) is 0 Å². The first-order valence-corrected chi connectivity index (χ1v) is 3.48. The molecule has 60 valence electrons. The zero-order chi connectivity index (χ0) is 8.01. The quantitative estimate of drug-likeness (QED) is 0.427. The molecule has 0 saturated carbocycles. The molecule has 2 fully saturated rings. The normalized spacial score (nSPS) is 35.9. The standard InChI is InChI=1S/C6H8N2O3/c9-3-1-4-5(10)7-6(11)8(4)2-3/h3-4,9H,1-2H2,(H,7,10,11)/t3-,4-/m1/s1. The van der Waals surface area contributed by atoms with Gasteiger partial charge in [0.15, 0.2) is 0 Å². The van der Waals surface area contributed by atoms with Gasteiger partial charge in [0.1, 0.15) is 6.04 Å². The van der Waals surface area contributed by atoms with Crippen LogP contribution in [0.1, 0.15) is 6.42 Å². The summed E-state index contributed by atoms with van der Waals surface area (Å²) in [6.45, 7) is 0.280. The molecule has 2 N–H and O–H groups in total. The number of aliphatic hydroxyl groups excluding tert-OH is 1. The third-order valence-electron chi connectivity index (χ3n) is 2.07. The van der Waals surface area contributed by atoms with E-state index in [1.54, 1.807) is 0 Å². The fourth-order valence-corrected chi connectivity index (χ4v) is 1.55. The van der Waals surface area contributed by atoms with E-state index in [1.807, 2.05) is 0 Å². The second-order valence-electron chi connectivity index (χ2n) is 2.85. The molecule has 0 aliphatic carbocycles. The maximum absolute atomic E-state index is 10.9. The summed E-state index contributed by atoms with van der Waals surface area (Å²) >= 11 is 0. The minimum Gasteiger partial charge on any atom is -0.391 e. The van der Waals surface area contributed by atoms with E-state index in [-0.39, 0.29) is 18.5 Å². The highest BCUT2D eigenvalue weighted by atomic mass is 16.3. The Morgan fingerprint density at radius 2 is 2.27 bits per heavy atom. The monoisotopic (exact) mass is 156 g/mol. The van der Waals surface area contributed by atoms with Crippen molar-refractivity contribution in [1.29, 1.82) is 0 Å². The number of carbonyl (C=O) groups is 2. The molecule has 2 atom stereocenters. The van der Waals surface area contributed by atoms with Gasteiger partial charge in [-0.3, -0.25) is 10.1 Å². The van der Waals surface area contributed by atoms with E-state index in [9.17, 15) is 9.59 Å². The van der Waals surface area contributed by atoms with Crippen LogP contribution in [-0.4, -0.2) is 40.6 Å². The molecule has 0 bridgehead atoms. The summed E-state index contributed by atoms with van der Waals surface area (Å²) < 4.78 is 0. The third kappa shape index (κ3) is 0.808. The van der Waals surface area contributed by atoms with Gasteiger partial charge in [0, 0.05) is 13.0 Å². The van der Waals surface area contributed by atoms with Crippen molar-refractivity contribution in [2.75, 3.05) is 6.54 Å². The lowest BCUT2D eigenvalue weighted by Gasteiger charge is -2.09. The van der Waals surface area contributed by atoms with E-state index in [1.165, 1.54) is 4.90 Å². The molecule has 0 radical (unpaired) electrons. The SMILES string of the molecule is O=C1NC(=O)N2C[C@H](O)C[C@H]12. The van der Waals surface area contributed by atoms with Crippen LogP contribution in [0.4, 0.5) is 4.79 Å². The van der Waals surface area contributed by atoms with Crippen molar-refractivity contribution in [2.45, 2.75) is 18.6 Å². The van der Waals surface area contributed by atoms with Gasteiger partial charge in [0.05, 0.1) is 6.10 Å². The van der Waals surface area contributed by atoms with Crippen LogP contribution >= 0.6 is 0 Å². The third-order valence-corrected chi connectivity index (χ3v) is 2.07. The minimum absolute atomic E-state index is 0.280. The predicted octanol–water partition coefficient (Wildman–Crippen LogP) is -1.33. The molecule has 3 amide bonds. The fourth-order valence-electron chi connectivity index (χ4n) is 1.55. The summed E-state index contributed by atoms with van der Waals surface area (Å²) in [4.78, 5) is 23.2. The number of nitrogens with one attached hydrogen (secondary N) is 1. The van der Waals surface area contributed by atoms with Gasteiger partial charge < -0.3 is 10.0 Å². The average Bonchev–Trinajstić information content (AvgIpc) is 2.38. The average molecular weight is 156 g/mol. The summed E-state index contributed by atoms with van der Waals surface area (Å²) in [6, 6.07) is -0.797. The first kappa shape index (κ1) is 6.60. The molecular formula is C6H8N2O3. The predicted molar refractivity (Wildman–Crippen MR) is 34.7 cm³/mol. The topological polar surface area (TPSA) is 69.6 Å². The number of aliphatic hydroxyl groups is 1. The lowest BCUT2D eigenvalue weighted by Crippen LogP contribution is -2.30. The minimum atomic E-state index is -0.532.